The average molecular weight is 487 g/mol. The molecule has 0 aromatic heterocycles. The van der Waals surface area contributed by atoms with E-state index in [0.29, 0.717) is 11.3 Å². The number of anilines is 2. The molecule has 0 radical (unpaired) electrons. The molecule has 3 rings (SSSR count). The lowest BCUT2D eigenvalue weighted by atomic mass is 10.1. The van der Waals surface area contributed by atoms with Crippen LogP contribution in [0.2, 0.25) is 5.02 Å². The highest BCUT2D eigenvalue weighted by atomic mass is 35.5. The van der Waals surface area contributed by atoms with Gasteiger partial charge in [-0.25, -0.2) is 13.2 Å². The minimum Gasteiger partial charge on any atom is -0.452 e. The van der Waals surface area contributed by atoms with Crippen LogP contribution < -0.4 is 9.62 Å². The molecular weight excluding hydrogens is 464 g/mol. The molecule has 0 aliphatic heterocycles. The van der Waals surface area contributed by atoms with Crippen LogP contribution in [0.5, 0.6) is 0 Å². The van der Waals surface area contributed by atoms with Gasteiger partial charge in [0.2, 0.25) is 0 Å². The van der Waals surface area contributed by atoms with Crippen molar-refractivity contribution >= 4 is 44.9 Å². The predicted molar refractivity (Wildman–Crippen MR) is 128 cm³/mol. The standard InChI is InChI=1S/C24H23ClN2O5S/c1-3-27(19-10-5-4-6-11-19)33(30,31)20-12-13-21(25)22(15-20)26-23(28)16-32-24(29)18-9-7-8-17(2)14-18/h4-15H,3,16H2,1-2H3,(H,26,28). The van der Waals surface area contributed by atoms with Gasteiger partial charge in [-0.2, -0.15) is 0 Å². The Morgan fingerprint density at radius 2 is 1.73 bits per heavy atom. The van der Waals surface area contributed by atoms with E-state index in [-0.39, 0.29) is 22.2 Å². The fourth-order valence-electron chi connectivity index (χ4n) is 3.15. The molecule has 33 heavy (non-hydrogen) atoms. The van der Waals surface area contributed by atoms with Crippen LogP contribution in [-0.4, -0.2) is 33.4 Å². The molecule has 3 aromatic carbocycles. The highest BCUT2D eigenvalue weighted by molar-refractivity contribution is 7.92. The summed E-state index contributed by atoms with van der Waals surface area (Å²) in [5.74, 6) is -1.29. The van der Waals surface area contributed by atoms with Crippen LogP contribution in [0.15, 0.2) is 77.7 Å². The normalized spacial score (nSPS) is 11.0. The number of rotatable bonds is 8. The summed E-state index contributed by atoms with van der Waals surface area (Å²) in [6.07, 6.45) is 0. The average Bonchev–Trinajstić information content (AvgIpc) is 2.80. The lowest BCUT2D eigenvalue weighted by Gasteiger charge is -2.23. The van der Waals surface area contributed by atoms with Crippen molar-refractivity contribution in [2.75, 3.05) is 22.8 Å². The Morgan fingerprint density at radius 1 is 1.00 bits per heavy atom. The number of amides is 1. The van der Waals surface area contributed by atoms with E-state index in [1.165, 1.54) is 22.5 Å². The maximum absolute atomic E-state index is 13.2. The zero-order chi connectivity index (χ0) is 24.0. The van der Waals surface area contributed by atoms with Gasteiger partial charge in [0.15, 0.2) is 6.61 Å². The quantitative estimate of drug-likeness (QED) is 0.467. The third-order valence-electron chi connectivity index (χ3n) is 4.72. The van der Waals surface area contributed by atoms with Crippen molar-refractivity contribution < 1.29 is 22.7 Å². The predicted octanol–water partition coefficient (Wildman–Crippen LogP) is 4.66. The van der Waals surface area contributed by atoms with Crippen molar-refractivity contribution in [3.8, 4) is 0 Å². The van der Waals surface area contributed by atoms with Crippen molar-refractivity contribution in [1.29, 1.82) is 0 Å². The van der Waals surface area contributed by atoms with Gasteiger partial charge in [0.1, 0.15) is 0 Å². The number of aryl methyl sites for hydroxylation is 1. The highest BCUT2D eigenvalue weighted by Crippen LogP contribution is 2.29. The van der Waals surface area contributed by atoms with Crippen molar-refractivity contribution in [2.45, 2.75) is 18.7 Å². The Labute approximate surface area is 198 Å². The smallest absolute Gasteiger partial charge is 0.338 e. The second-order valence-electron chi connectivity index (χ2n) is 7.14. The van der Waals surface area contributed by atoms with Crippen LogP contribution in [0, 0.1) is 6.92 Å². The van der Waals surface area contributed by atoms with Gasteiger partial charge >= 0.3 is 5.97 Å². The molecule has 0 saturated heterocycles. The second kappa shape index (κ2) is 10.5. The monoisotopic (exact) mass is 486 g/mol. The van der Waals surface area contributed by atoms with E-state index in [9.17, 15) is 18.0 Å². The van der Waals surface area contributed by atoms with Gasteiger partial charge < -0.3 is 10.1 Å². The SMILES string of the molecule is CCN(c1ccccc1)S(=O)(=O)c1ccc(Cl)c(NC(=O)COC(=O)c2cccc(C)c2)c1. The summed E-state index contributed by atoms with van der Waals surface area (Å²) >= 11 is 6.17. The lowest BCUT2D eigenvalue weighted by molar-refractivity contribution is -0.119. The zero-order valence-electron chi connectivity index (χ0n) is 18.1. The molecule has 0 saturated carbocycles. The summed E-state index contributed by atoms with van der Waals surface area (Å²) < 4.78 is 32.7. The molecule has 172 valence electrons. The summed E-state index contributed by atoms with van der Waals surface area (Å²) in [6.45, 7) is 3.23. The summed E-state index contributed by atoms with van der Waals surface area (Å²) in [6, 6.07) is 19.5. The van der Waals surface area contributed by atoms with Gasteiger partial charge in [-0.15, -0.1) is 0 Å². The molecule has 1 N–H and O–H groups in total. The van der Waals surface area contributed by atoms with Gasteiger partial charge in [-0.3, -0.25) is 9.10 Å². The highest BCUT2D eigenvalue weighted by Gasteiger charge is 2.24. The fourth-order valence-corrected chi connectivity index (χ4v) is 4.81. The van der Waals surface area contributed by atoms with E-state index in [0.717, 1.165) is 5.56 Å². The van der Waals surface area contributed by atoms with Crippen LogP contribution in [0.25, 0.3) is 0 Å². The van der Waals surface area contributed by atoms with Crippen LogP contribution in [0.3, 0.4) is 0 Å². The fraction of sp³-hybridized carbons (Fsp3) is 0.167. The molecule has 0 spiro atoms. The first-order chi connectivity index (χ1) is 15.7. The van der Waals surface area contributed by atoms with Crippen molar-refractivity contribution in [1.82, 2.24) is 0 Å². The molecule has 0 aliphatic rings. The van der Waals surface area contributed by atoms with Gasteiger partial charge in [0, 0.05) is 6.54 Å². The zero-order valence-corrected chi connectivity index (χ0v) is 19.7. The van der Waals surface area contributed by atoms with E-state index < -0.39 is 28.5 Å². The van der Waals surface area contributed by atoms with Crippen LogP contribution in [0.4, 0.5) is 11.4 Å². The molecule has 0 aliphatic carbocycles. The number of hydrogen-bond donors (Lipinski definition) is 1. The number of nitrogens with zero attached hydrogens (tertiary/aromatic N) is 1. The molecule has 0 fully saturated rings. The molecule has 3 aromatic rings. The largest absolute Gasteiger partial charge is 0.452 e. The summed E-state index contributed by atoms with van der Waals surface area (Å²) in [5, 5.41) is 2.65. The Kier molecular flexibility index (Phi) is 7.73. The van der Waals surface area contributed by atoms with E-state index in [1.54, 1.807) is 55.5 Å². The van der Waals surface area contributed by atoms with Crippen molar-refractivity contribution in [3.05, 3.63) is 88.9 Å². The third-order valence-corrected chi connectivity index (χ3v) is 6.95. The van der Waals surface area contributed by atoms with Gasteiger partial charge in [-0.05, 0) is 56.3 Å². The van der Waals surface area contributed by atoms with E-state index in [1.807, 2.05) is 13.0 Å². The number of halogens is 1. The number of hydrogen-bond acceptors (Lipinski definition) is 5. The Hall–Kier alpha value is -3.36. The van der Waals surface area contributed by atoms with Crippen LogP contribution in [-0.2, 0) is 19.6 Å². The first-order valence-electron chi connectivity index (χ1n) is 10.1. The number of carbonyl (C=O) groups is 2. The van der Waals surface area contributed by atoms with E-state index in [2.05, 4.69) is 5.32 Å². The lowest BCUT2D eigenvalue weighted by Crippen LogP contribution is -2.30. The number of nitrogens with one attached hydrogen (secondary N) is 1. The molecule has 7 nitrogen and oxygen atoms in total. The summed E-state index contributed by atoms with van der Waals surface area (Å²) in [4.78, 5) is 24.4. The maximum Gasteiger partial charge on any atom is 0.338 e. The first-order valence-corrected chi connectivity index (χ1v) is 11.9. The topological polar surface area (TPSA) is 92.8 Å². The number of para-hydroxylation sites is 1. The molecule has 0 heterocycles. The molecule has 9 heteroatoms. The molecule has 0 atom stereocenters. The van der Waals surface area contributed by atoms with E-state index >= 15 is 0 Å². The maximum atomic E-state index is 13.2. The third kappa shape index (κ3) is 5.91. The molecule has 0 unspecified atom stereocenters. The van der Waals surface area contributed by atoms with Crippen molar-refractivity contribution in [3.63, 3.8) is 0 Å². The summed E-state index contributed by atoms with van der Waals surface area (Å²) in [5.41, 5.74) is 1.83. The van der Waals surface area contributed by atoms with E-state index in [4.69, 9.17) is 16.3 Å². The van der Waals surface area contributed by atoms with Crippen LogP contribution in [0.1, 0.15) is 22.8 Å². The number of sulfonamides is 1. The minimum atomic E-state index is -3.91. The molecule has 0 bridgehead atoms. The number of carbonyl (C=O) groups excluding carboxylic acids is 2. The Morgan fingerprint density at radius 3 is 2.39 bits per heavy atom. The second-order valence-corrected chi connectivity index (χ2v) is 9.41. The first kappa shape index (κ1) is 24.3. The Balaban J connectivity index is 1.74. The van der Waals surface area contributed by atoms with Gasteiger partial charge in [0.05, 0.1) is 26.9 Å². The minimum absolute atomic E-state index is 0.0374. The van der Waals surface area contributed by atoms with Gasteiger partial charge in [-0.1, -0.05) is 47.5 Å². The summed E-state index contributed by atoms with van der Waals surface area (Å²) in [7, 11) is -3.91. The van der Waals surface area contributed by atoms with Gasteiger partial charge in [0.25, 0.3) is 15.9 Å². The van der Waals surface area contributed by atoms with Crippen LogP contribution >= 0.6 is 11.6 Å². The Bertz CT molecular complexity index is 1260. The number of esters is 1. The van der Waals surface area contributed by atoms with Crippen molar-refractivity contribution in [2.24, 2.45) is 0 Å². The molecule has 1 amide bonds. The molecular formula is C24H23ClN2O5S. The number of ether oxygens (including phenoxy) is 1. The number of benzene rings is 3.